The molecule has 56 heavy (non-hydrogen) atoms. The third-order valence-corrected chi connectivity index (χ3v) is 11.6. The van der Waals surface area contributed by atoms with E-state index in [1.807, 2.05) is 0 Å². The van der Waals surface area contributed by atoms with E-state index >= 15 is 0 Å². The fraction of sp³-hybridized carbons (Fsp3) is 0.920. The van der Waals surface area contributed by atoms with Gasteiger partial charge in [0.1, 0.15) is 0 Å². The van der Waals surface area contributed by atoms with Crippen LogP contribution in [-0.2, 0) is 14.3 Å². The van der Waals surface area contributed by atoms with E-state index in [2.05, 4.69) is 31.3 Å². The molecule has 0 aromatic carbocycles. The lowest BCUT2D eigenvalue weighted by atomic mass is 10.0. The molecule has 0 spiro atoms. The lowest BCUT2D eigenvalue weighted by molar-refractivity contribution is -0.143. The van der Waals surface area contributed by atoms with Gasteiger partial charge in [0.25, 0.3) is 0 Å². The second-order valence-electron chi connectivity index (χ2n) is 17.1. The molecule has 0 aromatic heterocycles. The molecule has 0 aliphatic heterocycles. The van der Waals surface area contributed by atoms with Crippen molar-refractivity contribution in [3.8, 4) is 0 Å². The van der Waals surface area contributed by atoms with Crippen LogP contribution < -0.4 is 5.32 Å². The summed E-state index contributed by atoms with van der Waals surface area (Å²) >= 11 is 0. The second kappa shape index (κ2) is 46.3. The summed E-state index contributed by atoms with van der Waals surface area (Å²) in [5.41, 5.74) is 0. The Morgan fingerprint density at radius 2 is 0.857 bits per heavy atom. The molecular formula is C50H97NO5. The minimum absolute atomic E-state index is 0.0201. The molecule has 6 nitrogen and oxygen atoms in total. The highest BCUT2D eigenvalue weighted by Gasteiger charge is 2.20. The molecule has 0 saturated heterocycles. The van der Waals surface area contributed by atoms with Crippen molar-refractivity contribution in [3.63, 3.8) is 0 Å². The number of hydrogen-bond acceptors (Lipinski definition) is 5. The summed E-state index contributed by atoms with van der Waals surface area (Å²) in [5, 5.41) is 23.2. The van der Waals surface area contributed by atoms with Gasteiger partial charge in [-0.2, -0.15) is 0 Å². The van der Waals surface area contributed by atoms with Crippen LogP contribution in [0.1, 0.15) is 271 Å². The highest BCUT2D eigenvalue weighted by Crippen LogP contribution is 2.16. The highest BCUT2D eigenvalue weighted by atomic mass is 16.5. The number of unbranched alkanes of at least 4 members (excludes halogenated alkanes) is 33. The Morgan fingerprint density at radius 3 is 1.32 bits per heavy atom. The van der Waals surface area contributed by atoms with E-state index in [1.54, 1.807) is 0 Å². The first-order valence-electron chi connectivity index (χ1n) is 24.9. The number of nitrogens with one attached hydrogen (secondary N) is 1. The molecule has 0 bridgehead atoms. The van der Waals surface area contributed by atoms with Crippen LogP contribution in [0.3, 0.4) is 0 Å². The Labute approximate surface area is 349 Å². The van der Waals surface area contributed by atoms with Crippen molar-refractivity contribution >= 4 is 11.9 Å². The molecule has 0 fully saturated rings. The molecule has 2 atom stereocenters. The van der Waals surface area contributed by atoms with Crippen LogP contribution in [0.5, 0.6) is 0 Å². The van der Waals surface area contributed by atoms with E-state index in [1.165, 1.54) is 180 Å². The van der Waals surface area contributed by atoms with Crippen LogP contribution in [0.15, 0.2) is 12.2 Å². The van der Waals surface area contributed by atoms with Gasteiger partial charge >= 0.3 is 5.97 Å². The number of esters is 1. The summed E-state index contributed by atoms with van der Waals surface area (Å²) < 4.78 is 5.43. The Morgan fingerprint density at radius 1 is 0.482 bits per heavy atom. The monoisotopic (exact) mass is 792 g/mol. The van der Waals surface area contributed by atoms with Gasteiger partial charge in [-0.1, -0.05) is 225 Å². The maximum absolute atomic E-state index is 12.4. The molecule has 0 aromatic rings. The van der Waals surface area contributed by atoms with Crippen LogP contribution >= 0.6 is 0 Å². The standard InChI is InChI=1S/C50H97NO5/c1-3-5-7-9-11-13-15-16-17-18-19-23-26-30-34-38-42-48(53)47(46-52)51-49(54)43-39-35-31-27-24-20-21-25-29-33-37-41-45-56-50(55)44-40-36-32-28-22-14-12-10-8-6-4-2/h10,12,47-48,52-53H,3-9,11,13-46H2,1-2H3,(H,51,54)/b12-10-. The van der Waals surface area contributed by atoms with Gasteiger partial charge < -0.3 is 20.3 Å². The third-order valence-electron chi connectivity index (χ3n) is 11.6. The number of aliphatic hydroxyl groups is 2. The highest BCUT2D eigenvalue weighted by molar-refractivity contribution is 5.76. The minimum Gasteiger partial charge on any atom is -0.466 e. The molecule has 332 valence electrons. The van der Waals surface area contributed by atoms with Gasteiger partial charge in [-0.3, -0.25) is 9.59 Å². The molecule has 0 rings (SSSR count). The van der Waals surface area contributed by atoms with E-state index in [0.29, 0.717) is 25.9 Å². The number of carbonyl (C=O) groups excluding carboxylic acids is 2. The number of ether oxygens (including phenoxy) is 1. The third kappa shape index (κ3) is 42.2. The maximum atomic E-state index is 12.4. The van der Waals surface area contributed by atoms with Crippen molar-refractivity contribution in [2.24, 2.45) is 0 Å². The zero-order valence-corrected chi connectivity index (χ0v) is 37.6. The van der Waals surface area contributed by atoms with E-state index in [-0.39, 0.29) is 18.5 Å². The zero-order valence-electron chi connectivity index (χ0n) is 37.6. The Balaban J connectivity index is 3.47. The van der Waals surface area contributed by atoms with Crippen molar-refractivity contribution in [1.82, 2.24) is 5.32 Å². The lowest BCUT2D eigenvalue weighted by Crippen LogP contribution is -2.45. The first kappa shape index (κ1) is 54.6. The van der Waals surface area contributed by atoms with Gasteiger partial charge in [0.2, 0.25) is 5.91 Å². The Bertz CT molecular complexity index is 832. The quantitative estimate of drug-likeness (QED) is 0.0324. The number of hydrogen-bond donors (Lipinski definition) is 3. The fourth-order valence-corrected chi connectivity index (χ4v) is 7.68. The van der Waals surface area contributed by atoms with Crippen molar-refractivity contribution in [3.05, 3.63) is 12.2 Å². The summed E-state index contributed by atoms with van der Waals surface area (Å²) in [5.74, 6) is -0.0699. The molecule has 6 heteroatoms. The topological polar surface area (TPSA) is 95.9 Å². The van der Waals surface area contributed by atoms with Crippen LogP contribution in [0.2, 0.25) is 0 Å². The van der Waals surface area contributed by atoms with Gasteiger partial charge in [0, 0.05) is 12.8 Å². The number of carbonyl (C=O) groups is 2. The van der Waals surface area contributed by atoms with Crippen molar-refractivity contribution < 1.29 is 24.5 Å². The molecule has 2 unspecified atom stereocenters. The van der Waals surface area contributed by atoms with E-state index in [0.717, 1.165) is 57.8 Å². The van der Waals surface area contributed by atoms with Crippen LogP contribution in [-0.4, -0.2) is 47.4 Å². The van der Waals surface area contributed by atoms with Gasteiger partial charge in [0.15, 0.2) is 0 Å². The average Bonchev–Trinajstić information content (AvgIpc) is 3.20. The van der Waals surface area contributed by atoms with E-state index in [4.69, 9.17) is 4.74 Å². The van der Waals surface area contributed by atoms with Gasteiger partial charge in [-0.25, -0.2) is 0 Å². The number of rotatable bonds is 46. The normalized spacial score (nSPS) is 12.7. The van der Waals surface area contributed by atoms with Crippen molar-refractivity contribution in [2.45, 2.75) is 283 Å². The smallest absolute Gasteiger partial charge is 0.305 e. The summed E-state index contributed by atoms with van der Waals surface area (Å²) in [7, 11) is 0. The summed E-state index contributed by atoms with van der Waals surface area (Å²) in [6.07, 6.45) is 51.7. The van der Waals surface area contributed by atoms with E-state index < -0.39 is 12.1 Å². The second-order valence-corrected chi connectivity index (χ2v) is 17.1. The predicted octanol–water partition coefficient (Wildman–Crippen LogP) is 14.6. The van der Waals surface area contributed by atoms with Gasteiger partial charge in [-0.05, 0) is 44.9 Å². The summed E-state index contributed by atoms with van der Waals surface area (Å²) in [4.78, 5) is 24.4. The molecule has 0 heterocycles. The largest absolute Gasteiger partial charge is 0.466 e. The van der Waals surface area contributed by atoms with Gasteiger partial charge in [0.05, 0.1) is 25.4 Å². The number of aliphatic hydroxyl groups excluding tert-OH is 2. The molecule has 0 aliphatic carbocycles. The number of amides is 1. The molecule has 0 radical (unpaired) electrons. The Hall–Kier alpha value is -1.40. The molecule has 0 aliphatic rings. The SMILES string of the molecule is CCCC/C=C\CCCCCCCC(=O)OCCCCCCCCCCCCCCC(=O)NC(CO)C(O)CCCCCCCCCCCCCCCCCC. The fourth-order valence-electron chi connectivity index (χ4n) is 7.68. The Kier molecular flexibility index (Phi) is 45.1. The maximum Gasteiger partial charge on any atom is 0.305 e. The van der Waals surface area contributed by atoms with Crippen molar-refractivity contribution in [1.29, 1.82) is 0 Å². The molecular weight excluding hydrogens is 695 g/mol. The molecule has 1 amide bonds. The summed E-state index contributed by atoms with van der Waals surface area (Å²) in [6, 6.07) is -0.552. The first-order chi connectivity index (χ1) is 27.5. The molecule has 0 saturated carbocycles. The molecule has 3 N–H and O–H groups in total. The predicted molar refractivity (Wildman–Crippen MR) is 241 cm³/mol. The van der Waals surface area contributed by atoms with Gasteiger partial charge in [-0.15, -0.1) is 0 Å². The summed E-state index contributed by atoms with van der Waals surface area (Å²) in [6.45, 7) is 4.88. The number of allylic oxidation sites excluding steroid dienone is 2. The average molecular weight is 792 g/mol. The first-order valence-corrected chi connectivity index (χ1v) is 24.9. The van der Waals surface area contributed by atoms with Crippen LogP contribution in [0, 0.1) is 0 Å². The zero-order chi connectivity index (χ0) is 40.8. The van der Waals surface area contributed by atoms with E-state index in [9.17, 15) is 19.8 Å². The van der Waals surface area contributed by atoms with Crippen molar-refractivity contribution in [2.75, 3.05) is 13.2 Å². The van der Waals surface area contributed by atoms with Crippen LogP contribution in [0.4, 0.5) is 0 Å². The van der Waals surface area contributed by atoms with Crippen LogP contribution in [0.25, 0.3) is 0 Å². The lowest BCUT2D eigenvalue weighted by Gasteiger charge is -2.22. The minimum atomic E-state index is -0.673.